The Labute approximate surface area is 64.5 Å². The van der Waals surface area contributed by atoms with E-state index >= 15 is 0 Å². The molecular formula is C9H19N. The summed E-state index contributed by atoms with van der Waals surface area (Å²) in [4.78, 5) is 0. The summed E-state index contributed by atoms with van der Waals surface area (Å²) in [6.07, 6.45) is 5.04. The van der Waals surface area contributed by atoms with Gasteiger partial charge in [0.25, 0.3) is 0 Å². The molecular weight excluding hydrogens is 122 g/mol. The molecule has 1 heteroatoms. The van der Waals surface area contributed by atoms with Gasteiger partial charge >= 0.3 is 0 Å². The molecule has 0 fully saturated rings. The predicted molar refractivity (Wildman–Crippen MR) is 47.0 cm³/mol. The smallest absolute Gasteiger partial charge is 0.0115 e. The highest BCUT2D eigenvalue weighted by atomic mass is 14.9. The molecule has 1 N–H and O–H groups in total. The minimum Gasteiger partial charge on any atom is -0.389 e. The van der Waals surface area contributed by atoms with E-state index in [0.29, 0.717) is 0 Å². The van der Waals surface area contributed by atoms with Crippen LogP contribution >= 0.6 is 0 Å². The highest BCUT2D eigenvalue weighted by molar-refractivity contribution is 4.89. The molecule has 0 aliphatic heterocycles. The highest BCUT2D eigenvalue weighted by Crippen LogP contribution is 2.03. The normalized spacial score (nSPS) is 9.40. The average molecular weight is 141 g/mol. The predicted octanol–water partition coefficient (Wildman–Crippen LogP) is 2.69. The Balaban J connectivity index is 3.05. The van der Waals surface area contributed by atoms with E-state index in [1.165, 1.54) is 25.0 Å². The van der Waals surface area contributed by atoms with Gasteiger partial charge in [0, 0.05) is 12.2 Å². The molecule has 0 bridgehead atoms. The van der Waals surface area contributed by atoms with E-state index in [1.807, 2.05) is 0 Å². The van der Waals surface area contributed by atoms with Crippen LogP contribution in [0, 0.1) is 0 Å². The first kappa shape index (κ1) is 9.54. The van der Waals surface area contributed by atoms with Crippen molar-refractivity contribution >= 4 is 0 Å². The molecule has 0 aromatic carbocycles. The minimum absolute atomic E-state index is 1.00. The van der Waals surface area contributed by atoms with Crippen LogP contribution in [0.1, 0.15) is 39.5 Å². The highest BCUT2D eigenvalue weighted by Gasteiger charge is 1.89. The van der Waals surface area contributed by atoms with Crippen molar-refractivity contribution in [2.45, 2.75) is 39.5 Å². The number of unbranched alkanes of at least 4 members (excludes halogenated alkanes) is 2. The summed E-state index contributed by atoms with van der Waals surface area (Å²) in [7, 11) is 0. The quantitative estimate of drug-likeness (QED) is 0.561. The lowest BCUT2D eigenvalue weighted by Gasteiger charge is -2.05. The van der Waals surface area contributed by atoms with Gasteiger partial charge in [0.2, 0.25) is 0 Å². The zero-order valence-electron chi connectivity index (χ0n) is 7.24. The van der Waals surface area contributed by atoms with Gasteiger partial charge in [0.1, 0.15) is 0 Å². The van der Waals surface area contributed by atoms with Gasteiger partial charge in [-0.3, -0.25) is 0 Å². The average Bonchev–Trinajstić information content (AvgIpc) is 1.89. The molecule has 0 aliphatic rings. The van der Waals surface area contributed by atoms with Crippen molar-refractivity contribution in [2.75, 3.05) is 6.54 Å². The molecule has 0 spiro atoms. The maximum absolute atomic E-state index is 3.91. The van der Waals surface area contributed by atoms with Crippen molar-refractivity contribution in [1.29, 1.82) is 0 Å². The third kappa shape index (κ3) is 5.67. The first-order valence-corrected chi connectivity index (χ1v) is 4.22. The lowest BCUT2D eigenvalue weighted by atomic mass is 10.2. The zero-order valence-corrected chi connectivity index (χ0v) is 7.24. The molecule has 0 amide bonds. The maximum Gasteiger partial charge on any atom is 0.0115 e. The van der Waals surface area contributed by atoms with Crippen LogP contribution in [0.5, 0.6) is 0 Å². The summed E-state index contributed by atoms with van der Waals surface area (Å²) < 4.78 is 0. The van der Waals surface area contributed by atoms with E-state index in [0.717, 1.165) is 13.0 Å². The molecule has 10 heavy (non-hydrogen) atoms. The third-order valence-electron chi connectivity index (χ3n) is 1.51. The number of hydrogen-bond acceptors (Lipinski definition) is 1. The Morgan fingerprint density at radius 1 is 1.30 bits per heavy atom. The molecule has 0 saturated carbocycles. The Bertz CT molecular complexity index is 86.7. The molecule has 0 radical (unpaired) electrons. The second-order valence-corrected chi connectivity index (χ2v) is 2.59. The van der Waals surface area contributed by atoms with Crippen LogP contribution in [0.4, 0.5) is 0 Å². The van der Waals surface area contributed by atoms with Crippen LogP contribution in [0.25, 0.3) is 0 Å². The first-order valence-electron chi connectivity index (χ1n) is 4.22. The van der Waals surface area contributed by atoms with Crippen LogP contribution in [-0.2, 0) is 0 Å². The van der Waals surface area contributed by atoms with Crippen LogP contribution in [0.3, 0.4) is 0 Å². The fourth-order valence-corrected chi connectivity index (χ4v) is 0.927. The molecule has 0 rings (SSSR count). The summed E-state index contributed by atoms with van der Waals surface area (Å²) in [5, 5.41) is 3.21. The van der Waals surface area contributed by atoms with E-state index in [4.69, 9.17) is 0 Å². The van der Waals surface area contributed by atoms with Crippen molar-refractivity contribution < 1.29 is 0 Å². The third-order valence-corrected chi connectivity index (χ3v) is 1.51. The van der Waals surface area contributed by atoms with Gasteiger partial charge in [-0.25, -0.2) is 0 Å². The minimum atomic E-state index is 1.00. The number of allylic oxidation sites excluding steroid dienone is 1. The standard InChI is InChI=1S/C9H19N/c1-4-6-7-8-9(3)10-5-2/h10H,3-8H2,1-2H3. The number of nitrogens with one attached hydrogen (secondary N) is 1. The van der Waals surface area contributed by atoms with E-state index in [9.17, 15) is 0 Å². The molecule has 0 aromatic rings. The van der Waals surface area contributed by atoms with Gasteiger partial charge in [0.15, 0.2) is 0 Å². The Morgan fingerprint density at radius 3 is 2.50 bits per heavy atom. The van der Waals surface area contributed by atoms with E-state index in [-0.39, 0.29) is 0 Å². The second kappa shape index (κ2) is 6.66. The van der Waals surface area contributed by atoms with Gasteiger partial charge < -0.3 is 5.32 Å². The van der Waals surface area contributed by atoms with E-state index in [1.54, 1.807) is 0 Å². The van der Waals surface area contributed by atoms with E-state index in [2.05, 4.69) is 25.7 Å². The van der Waals surface area contributed by atoms with Crippen LogP contribution in [0.2, 0.25) is 0 Å². The Kier molecular flexibility index (Phi) is 6.35. The molecule has 0 aromatic heterocycles. The van der Waals surface area contributed by atoms with Gasteiger partial charge in [-0.2, -0.15) is 0 Å². The molecule has 0 atom stereocenters. The van der Waals surface area contributed by atoms with Crippen molar-refractivity contribution in [3.05, 3.63) is 12.3 Å². The summed E-state index contributed by atoms with van der Waals surface area (Å²) in [6.45, 7) is 9.23. The number of rotatable bonds is 6. The summed E-state index contributed by atoms with van der Waals surface area (Å²) in [6, 6.07) is 0. The van der Waals surface area contributed by atoms with Gasteiger partial charge in [0.05, 0.1) is 0 Å². The van der Waals surface area contributed by atoms with Gasteiger partial charge in [-0.15, -0.1) is 0 Å². The molecule has 0 aliphatic carbocycles. The maximum atomic E-state index is 3.91. The molecule has 1 nitrogen and oxygen atoms in total. The Morgan fingerprint density at radius 2 is 2.00 bits per heavy atom. The monoisotopic (exact) mass is 141 g/mol. The van der Waals surface area contributed by atoms with Crippen LogP contribution in [-0.4, -0.2) is 6.54 Å². The Hall–Kier alpha value is -0.460. The first-order chi connectivity index (χ1) is 4.81. The largest absolute Gasteiger partial charge is 0.389 e. The lowest BCUT2D eigenvalue weighted by molar-refractivity contribution is 0.677. The SMILES string of the molecule is C=C(CCCCC)NCC. The lowest BCUT2D eigenvalue weighted by Crippen LogP contribution is -2.10. The van der Waals surface area contributed by atoms with Crippen molar-refractivity contribution in [2.24, 2.45) is 0 Å². The van der Waals surface area contributed by atoms with Crippen molar-refractivity contribution in [1.82, 2.24) is 5.32 Å². The van der Waals surface area contributed by atoms with E-state index < -0.39 is 0 Å². The number of hydrogen-bond donors (Lipinski definition) is 1. The fraction of sp³-hybridized carbons (Fsp3) is 0.778. The van der Waals surface area contributed by atoms with Gasteiger partial charge in [-0.1, -0.05) is 26.3 Å². The summed E-state index contributed by atoms with van der Waals surface area (Å²) >= 11 is 0. The molecule has 0 heterocycles. The van der Waals surface area contributed by atoms with Crippen LogP contribution in [0.15, 0.2) is 12.3 Å². The molecule has 0 saturated heterocycles. The van der Waals surface area contributed by atoms with Crippen molar-refractivity contribution in [3.63, 3.8) is 0 Å². The van der Waals surface area contributed by atoms with Gasteiger partial charge in [-0.05, 0) is 19.8 Å². The second-order valence-electron chi connectivity index (χ2n) is 2.59. The molecule has 60 valence electrons. The summed E-state index contributed by atoms with van der Waals surface area (Å²) in [5.41, 5.74) is 1.19. The fourth-order valence-electron chi connectivity index (χ4n) is 0.927. The van der Waals surface area contributed by atoms with Crippen molar-refractivity contribution in [3.8, 4) is 0 Å². The summed E-state index contributed by atoms with van der Waals surface area (Å²) in [5.74, 6) is 0. The topological polar surface area (TPSA) is 12.0 Å². The zero-order chi connectivity index (χ0) is 7.82. The van der Waals surface area contributed by atoms with Crippen LogP contribution < -0.4 is 5.32 Å². The molecule has 0 unspecified atom stereocenters.